The van der Waals surface area contributed by atoms with Gasteiger partial charge in [-0.3, -0.25) is 0 Å². The van der Waals surface area contributed by atoms with Gasteiger partial charge < -0.3 is 14.2 Å². The predicted octanol–water partition coefficient (Wildman–Crippen LogP) is 3.08. The van der Waals surface area contributed by atoms with E-state index in [1.807, 2.05) is 0 Å². The SMILES string of the molecule is [2H][C@@]1(OCCCC)CC[C@@]([2H])(OCCCC)O1. The lowest BCUT2D eigenvalue weighted by Crippen LogP contribution is -2.17. The lowest BCUT2D eigenvalue weighted by molar-refractivity contribution is -0.205. The molecule has 0 unspecified atom stereocenters. The van der Waals surface area contributed by atoms with Gasteiger partial charge in [0, 0.05) is 26.1 Å². The van der Waals surface area contributed by atoms with Gasteiger partial charge in [-0.1, -0.05) is 26.7 Å². The minimum absolute atomic E-state index is 0.395. The molecule has 1 fully saturated rings. The van der Waals surface area contributed by atoms with Crippen molar-refractivity contribution < 1.29 is 17.0 Å². The van der Waals surface area contributed by atoms with Gasteiger partial charge in [0.2, 0.25) is 0 Å². The lowest BCUT2D eigenvalue weighted by atomic mass is 10.3. The second-order valence-electron chi connectivity index (χ2n) is 3.75. The molecule has 1 rings (SSSR count). The second kappa shape index (κ2) is 8.08. The molecule has 3 heteroatoms. The zero-order valence-electron chi connectivity index (χ0n) is 11.9. The molecule has 0 aromatic carbocycles. The van der Waals surface area contributed by atoms with Crippen molar-refractivity contribution in [3.63, 3.8) is 0 Å². The molecule has 0 aromatic rings. The zero-order valence-corrected chi connectivity index (χ0v) is 9.88. The molecule has 90 valence electrons. The van der Waals surface area contributed by atoms with Crippen molar-refractivity contribution in [3.05, 3.63) is 0 Å². The van der Waals surface area contributed by atoms with E-state index in [9.17, 15) is 0 Å². The van der Waals surface area contributed by atoms with Crippen LogP contribution in [-0.4, -0.2) is 25.7 Å². The van der Waals surface area contributed by atoms with E-state index in [1.165, 1.54) is 0 Å². The van der Waals surface area contributed by atoms with Gasteiger partial charge in [0.15, 0.2) is 12.5 Å². The first-order chi connectivity index (χ1) is 8.04. The van der Waals surface area contributed by atoms with Crippen LogP contribution in [0.15, 0.2) is 0 Å². The van der Waals surface area contributed by atoms with Crippen LogP contribution >= 0.6 is 0 Å². The molecule has 3 nitrogen and oxygen atoms in total. The molecule has 1 aliphatic rings. The maximum Gasteiger partial charge on any atom is 0.160 e. The average molecular weight is 218 g/mol. The Balaban J connectivity index is 2.32. The van der Waals surface area contributed by atoms with Gasteiger partial charge in [-0.15, -0.1) is 0 Å². The molecule has 0 N–H and O–H groups in total. The fraction of sp³-hybridized carbons (Fsp3) is 1.00. The molecule has 0 aliphatic carbocycles. The normalized spacial score (nSPS) is 37.7. The van der Waals surface area contributed by atoms with E-state index in [0.717, 1.165) is 25.7 Å². The molecule has 0 spiro atoms. The van der Waals surface area contributed by atoms with Crippen molar-refractivity contribution in [3.8, 4) is 0 Å². The van der Waals surface area contributed by atoms with Crippen molar-refractivity contribution in [1.82, 2.24) is 0 Å². The Morgan fingerprint density at radius 3 is 1.93 bits per heavy atom. The molecular formula is C12H24O3. The summed E-state index contributed by atoms with van der Waals surface area (Å²) in [5, 5.41) is 0. The fourth-order valence-electron chi connectivity index (χ4n) is 1.30. The topological polar surface area (TPSA) is 27.7 Å². The van der Waals surface area contributed by atoms with Gasteiger partial charge in [0.25, 0.3) is 0 Å². The Hall–Kier alpha value is -0.120. The van der Waals surface area contributed by atoms with Gasteiger partial charge in [0.1, 0.15) is 0 Å². The van der Waals surface area contributed by atoms with Crippen molar-refractivity contribution in [1.29, 1.82) is 0 Å². The van der Waals surface area contributed by atoms with Crippen LogP contribution in [0, 0.1) is 0 Å². The smallest absolute Gasteiger partial charge is 0.160 e. The van der Waals surface area contributed by atoms with Crippen LogP contribution in [0.25, 0.3) is 0 Å². The quantitative estimate of drug-likeness (QED) is 0.586. The highest BCUT2D eigenvalue weighted by Crippen LogP contribution is 2.21. The van der Waals surface area contributed by atoms with E-state index < -0.39 is 12.5 Å². The van der Waals surface area contributed by atoms with Crippen LogP contribution in [0.1, 0.15) is 55.1 Å². The van der Waals surface area contributed by atoms with Crippen LogP contribution in [0.5, 0.6) is 0 Å². The summed E-state index contributed by atoms with van der Waals surface area (Å²) in [7, 11) is 0. The highest BCUT2D eigenvalue weighted by molar-refractivity contribution is 4.60. The van der Waals surface area contributed by atoms with Crippen LogP contribution in [-0.2, 0) is 14.2 Å². The van der Waals surface area contributed by atoms with E-state index in [0.29, 0.717) is 26.1 Å². The molecule has 0 amide bonds. The summed E-state index contributed by atoms with van der Waals surface area (Å²) in [6, 6.07) is 0. The number of unbranched alkanes of at least 4 members (excludes halogenated alkanes) is 2. The number of hydrogen-bond donors (Lipinski definition) is 0. The number of ether oxygens (including phenoxy) is 3. The third kappa shape index (κ3) is 5.50. The number of hydrogen-bond acceptors (Lipinski definition) is 3. The van der Waals surface area contributed by atoms with Gasteiger partial charge >= 0.3 is 0 Å². The highest BCUT2D eigenvalue weighted by atomic mass is 16.8. The van der Waals surface area contributed by atoms with Crippen molar-refractivity contribution in [2.24, 2.45) is 0 Å². The molecule has 15 heavy (non-hydrogen) atoms. The van der Waals surface area contributed by atoms with Crippen molar-refractivity contribution in [2.45, 2.75) is 64.9 Å². The molecule has 1 saturated heterocycles. The van der Waals surface area contributed by atoms with E-state index in [-0.39, 0.29) is 0 Å². The standard InChI is InChI=1S/C12H24O3/c1-3-5-9-13-11-7-8-12(15-11)14-10-6-4-2/h11-12H,3-10H2,1-2H3/t11-,12-/m0/s1/i11D,12D. The minimum Gasteiger partial charge on any atom is -0.353 e. The predicted molar refractivity (Wildman–Crippen MR) is 59.6 cm³/mol. The number of rotatable bonds is 8. The van der Waals surface area contributed by atoms with Crippen LogP contribution in [0.4, 0.5) is 0 Å². The van der Waals surface area contributed by atoms with E-state index in [1.54, 1.807) is 0 Å². The molecule has 0 radical (unpaired) electrons. The Kier molecular flexibility index (Phi) is 5.42. The van der Waals surface area contributed by atoms with Crippen molar-refractivity contribution >= 4 is 0 Å². The first kappa shape index (κ1) is 10.1. The monoisotopic (exact) mass is 218 g/mol. The Morgan fingerprint density at radius 2 is 1.53 bits per heavy atom. The lowest BCUT2D eigenvalue weighted by Gasteiger charge is -2.14. The summed E-state index contributed by atoms with van der Waals surface area (Å²) >= 11 is 0. The highest BCUT2D eigenvalue weighted by Gasteiger charge is 2.25. The van der Waals surface area contributed by atoms with Gasteiger partial charge in [0.05, 0.1) is 2.74 Å². The molecule has 0 bridgehead atoms. The first-order valence-corrected chi connectivity index (χ1v) is 6.02. The molecule has 0 aromatic heterocycles. The summed E-state index contributed by atoms with van der Waals surface area (Å²) in [6.07, 6.45) is 1.88. The maximum absolute atomic E-state index is 7.95. The van der Waals surface area contributed by atoms with Crippen molar-refractivity contribution in [2.75, 3.05) is 13.2 Å². The minimum atomic E-state index is -1.39. The first-order valence-electron chi connectivity index (χ1n) is 7.02. The van der Waals surface area contributed by atoms with Crippen LogP contribution in [0.3, 0.4) is 0 Å². The third-order valence-electron chi connectivity index (χ3n) is 2.28. The van der Waals surface area contributed by atoms with E-state index in [4.69, 9.17) is 17.0 Å². The summed E-state index contributed by atoms with van der Waals surface area (Å²) in [5.41, 5.74) is 0. The Morgan fingerprint density at radius 1 is 1.07 bits per heavy atom. The fourth-order valence-corrected chi connectivity index (χ4v) is 1.30. The summed E-state index contributed by atoms with van der Waals surface area (Å²) < 4.78 is 32.0. The maximum atomic E-state index is 7.95. The Labute approximate surface area is 95.9 Å². The molecule has 2 atom stereocenters. The van der Waals surface area contributed by atoms with Gasteiger partial charge in [-0.25, -0.2) is 0 Å². The molecule has 1 heterocycles. The summed E-state index contributed by atoms with van der Waals surface area (Å²) in [4.78, 5) is 0. The molecule has 0 saturated carbocycles. The van der Waals surface area contributed by atoms with Crippen LogP contribution in [0.2, 0.25) is 0 Å². The summed E-state index contributed by atoms with van der Waals surface area (Å²) in [5.74, 6) is 0. The van der Waals surface area contributed by atoms with Gasteiger partial charge in [-0.2, -0.15) is 0 Å². The second-order valence-corrected chi connectivity index (χ2v) is 3.75. The van der Waals surface area contributed by atoms with E-state index in [2.05, 4.69) is 13.8 Å². The zero-order chi connectivity index (χ0) is 12.8. The molecule has 1 aliphatic heterocycles. The van der Waals surface area contributed by atoms with E-state index >= 15 is 0 Å². The van der Waals surface area contributed by atoms with Gasteiger partial charge in [-0.05, 0) is 12.8 Å². The van der Waals surface area contributed by atoms with Crippen LogP contribution < -0.4 is 0 Å². The average Bonchev–Trinajstić information content (AvgIpc) is 2.57. The largest absolute Gasteiger partial charge is 0.353 e. The molecular weight excluding hydrogens is 192 g/mol. The third-order valence-corrected chi connectivity index (χ3v) is 2.28. The Bertz CT molecular complexity index is 206. The summed E-state index contributed by atoms with van der Waals surface area (Å²) in [6.45, 7) is 5.15.